The molecule has 2 aliphatic rings. The van der Waals surface area contributed by atoms with Gasteiger partial charge in [0.05, 0.1) is 29.2 Å². The van der Waals surface area contributed by atoms with Crippen LogP contribution in [0.2, 0.25) is 0 Å². The summed E-state index contributed by atoms with van der Waals surface area (Å²) in [5, 5.41) is 21.0. The number of hydrogen-bond acceptors (Lipinski definition) is 6. The Morgan fingerprint density at radius 2 is 2.06 bits per heavy atom. The molecule has 5 heterocycles. The van der Waals surface area contributed by atoms with Gasteiger partial charge in [0.25, 0.3) is 0 Å². The standard InChI is InChI=1S/C25H24N8/c1-27-11-18-6-7-31(13-18)24-9-21-15-32-14-20(19-4-2-17(10-26)3-5-19)8-22(32)25-30-29-16-33(25)23(21)12-28-24/h2-5,8-9,12,14,16,18,27H,6-7,11,13,15H2,1H3. The first-order chi connectivity index (χ1) is 16.2. The van der Waals surface area contributed by atoms with E-state index in [2.05, 4.69) is 49.4 Å². The normalized spacial score (nSPS) is 16.6. The monoisotopic (exact) mass is 436 g/mol. The number of nitriles is 1. The SMILES string of the molecule is CNCC1CCN(c2cc3c(cn2)-n2cnnc2-c2cc(-c4ccc(C#N)cc4)cn2C3)C1. The maximum Gasteiger partial charge on any atom is 0.185 e. The summed E-state index contributed by atoms with van der Waals surface area (Å²) in [5.41, 5.74) is 6.05. The zero-order valence-electron chi connectivity index (χ0n) is 18.4. The lowest BCUT2D eigenvalue weighted by atomic mass is 10.1. The van der Waals surface area contributed by atoms with Crippen molar-refractivity contribution in [3.05, 3.63) is 66.2 Å². The van der Waals surface area contributed by atoms with E-state index in [1.807, 2.05) is 42.1 Å². The van der Waals surface area contributed by atoms with Crippen LogP contribution in [0, 0.1) is 17.2 Å². The second kappa shape index (κ2) is 7.87. The number of benzene rings is 1. The zero-order chi connectivity index (χ0) is 22.4. The second-order valence-electron chi connectivity index (χ2n) is 8.79. The molecule has 1 fully saturated rings. The topological polar surface area (TPSA) is 87.6 Å². The van der Waals surface area contributed by atoms with Crippen LogP contribution in [0.1, 0.15) is 17.5 Å². The van der Waals surface area contributed by atoms with Gasteiger partial charge >= 0.3 is 0 Å². The van der Waals surface area contributed by atoms with Crippen molar-refractivity contribution in [2.75, 3.05) is 31.6 Å². The Balaban J connectivity index is 1.39. The molecule has 33 heavy (non-hydrogen) atoms. The van der Waals surface area contributed by atoms with Gasteiger partial charge in [-0.15, -0.1) is 10.2 Å². The Bertz CT molecular complexity index is 1360. The summed E-state index contributed by atoms with van der Waals surface area (Å²) in [7, 11) is 2.01. The van der Waals surface area contributed by atoms with Gasteiger partial charge in [-0.3, -0.25) is 4.57 Å². The number of pyridine rings is 1. The molecule has 8 nitrogen and oxygen atoms in total. The van der Waals surface area contributed by atoms with Crippen LogP contribution in [0.15, 0.2) is 55.1 Å². The number of anilines is 1. The molecule has 0 amide bonds. The molecular formula is C25H24N8. The molecule has 0 saturated carbocycles. The summed E-state index contributed by atoms with van der Waals surface area (Å²) in [6, 6.07) is 14.2. The molecule has 4 aromatic rings. The maximum absolute atomic E-state index is 9.10. The van der Waals surface area contributed by atoms with Crippen molar-refractivity contribution in [3.63, 3.8) is 0 Å². The molecule has 8 heteroatoms. The Morgan fingerprint density at radius 3 is 2.88 bits per heavy atom. The van der Waals surface area contributed by atoms with Crippen LogP contribution in [-0.2, 0) is 6.54 Å². The van der Waals surface area contributed by atoms with Crippen LogP contribution in [0.3, 0.4) is 0 Å². The number of hydrogen-bond donors (Lipinski definition) is 1. The lowest BCUT2D eigenvalue weighted by molar-refractivity contribution is 0.549. The van der Waals surface area contributed by atoms with E-state index in [0.717, 1.165) is 60.3 Å². The van der Waals surface area contributed by atoms with Crippen molar-refractivity contribution in [3.8, 4) is 34.4 Å². The number of nitrogens with zero attached hydrogens (tertiary/aromatic N) is 7. The summed E-state index contributed by atoms with van der Waals surface area (Å²) >= 11 is 0. The van der Waals surface area contributed by atoms with Gasteiger partial charge in [-0.05, 0) is 55.8 Å². The Hall–Kier alpha value is -3.96. The minimum Gasteiger partial charge on any atom is -0.356 e. The van der Waals surface area contributed by atoms with Gasteiger partial charge in [0, 0.05) is 37.0 Å². The third-order valence-electron chi connectivity index (χ3n) is 6.68. The number of nitrogens with one attached hydrogen (secondary N) is 1. The third kappa shape index (κ3) is 3.38. The van der Waals surface area contributed by atoms with E-state index >= 15 is 0 Å². The lowest BCUT2D eigenvalue weighted by Gasteiger charge is -2.19. The summed E-state index contributed by atoms with van der Waals surface area (Å²) in [6.07, 6.45) is 7.06. The second-order valence-corrected chi connectivity index (χ2v) is 8.79. The first-order valence-corrected chi connectivity index (χ1v) is 11.2. The van der Waals surface area contributed by atoms with Crippen LogP contribution in [0.25, 0.3) is 28.3 Å². The van der Waals surface area contributed by atoms with E-state index in [9.17, 15) is 0 Å². The zero-order valence-corrected chi connectivity index (χ0v) is 18.4. The predicted octanol–water partition coefficient (Wildman–Crippen LogP) is 3.08. The first-order valence-electron chi connectivity index (χ1n) is 11.2. The van der Waals surface area contributed by atoms with E-state index in [-0.39, 0.29) is 0 Å². The highest BCUT2D eigenvalue weighted by atomic mass is 15.3. The number of aromatic nitrogens is 5. The van der Waals surface area contributed by atoms with Gasteiger partial charge < -0.3 is 14.8 Å². The molecule has 0 radical (unpaired) electrons. The molecule has 1 saturated heterocycles. The summed E-state index contributed by atoms with van der Waals surface area (Å²) < 4.78 is 4.26. The maximum atomic E-state index is 9.10. The van der Waals surface area contributed by atoms with Crippen LogP contribution in [0.5, 0.6) is 0 Å². The van der Waals surface area contributed by atoms with Gasteiger partial charge in [-0.25, -0.2) is 4.98 Å². The highest BCUT2D eigenvalue weighted by molar-refractivity contribution is 5.72. The van der Waals surface area contributed by atoms with Crippen LogP contribution in [-0.4, -0.2) is 51.0 Å². The minimum atomic E-state index is 0.658. The molecule has 2 aliphatic heterocycles. The molecule has 3 aromatic heterocycles. The van der Waals surface area contributed by atoms with Gasteiger partial charge in [0.1, 0.15) is 12.1 Å². The fraction of sp³-hybridized carbons (Fsp3) is 0.280. The largest absolute Gasteiger partial charge is 0.356 e. The van der Waals surface area contributed by atoms with Gasteiger partial charge in [-0.2, -0.15) is 5.26 Å². The van der Waals surface area contributed by atoms with Gasteiger partial charge in [0.2, 0.25) is 0 Å². The smallest absolute Gasteiger partial charge is 0.185 e. The molecular weight excluding hydrogens is 412 g/mol. The van der Waals surface area contributed by atoms with Crippen molar-refractivity contribution < 1.29 is 0 Å². The van der Waals surface area contributed by atoms with Crippen molar-refractivity contribution in [1.82, 2.24) is 29.6 Å². The van der Waals surface area contributed by atoms with Gasteiger partial charge in [-0.1, -0.05) is 12.1 Å². The van der Waals surface area contributed by atoms with Crippen molar-refractivity contribution in [2.24, 2.45) is 5.92 Å². The van der Waals surface area contributed by atoms with E-state index in [1.54, 1.807) is 6.33 Å². The molecule has 0 spiro atoms. The molecule has 6 rings (SSSR count). The average molecular weight is 437 g/mol. The predicted molar refractivity (Wildman–Crippen MR) is 126 cm³/mol. The number of fused-ring (bicyclic) bond motifs is 5. The molecule has 164 valence electrons. The van der Waals surface area contributed by atoms with E-state index in [1.165, 1.54) is 12.0 Å². The van der Waals surface area contributed by atoms with E-state index in [4.69, 9.17) is 10.2 Å². The fourth-order valence-corrected chi connectivity index (χ4v) is 4.98. The van der Waals surface area contributed by atoms with E-state index in [0.29, 0.717) is 11.5 Å². The minimum absolute atomic E-state index is 0.658. The Morgan fingerprint density at radius 1 is 1.18 bits per heavy atom. The quantitative estimate of drug-likeness (QED) is 0.466. The summed E-state index contributed by atoms with van der Waals surface area (Å²) in [5.74, 6) is 2.49. The molecule has 1 N–H and O–H groups in total. The highest BCUT2D eigenvalue weighted by Gasteiger charge is 2.26. The van der Waals surface area contributed by atoms with E-state index < -0.39 is 0 Å². The molecule has 1 unspecified atom stereocenters. The molecule has 0 bridgehead atoms. The first kappa shape index (κ1) is 19.7. The molecule has 1 aromatic carbocycles. The van der Waals surface area contributed by atoms with Crippen LogP contribution >= 0.6 is 0 Å². The third-order valence-corrected chi connectivity index (χ3v) is 6.68. The summed E-state index contributed by atoms with van der Waals surface area (Å²) in [4.78, 5) is 7.20. The van der Waals surface area contributed by atoms with Crippen LogP contribution in [0.4, 0.5) is 5.82 Å². The summed E-state index contributed by atoms with van der Waals surface area (Å²) in [6.45, 7) is 3.83. The lowest BCUT2D eigenvalue weighted by Crippen LogP contribution is -2.25. The van der Waals surface area contributed by atoms with Crippen molar-refractivity contribution in [1.29, 1.82) is 5.26 Å². The van der Waals surface area contributed by atoms with Crippen molar-refractivity contribution in [2.45, 2.75) is 13.0 Å². The van der Waals surface area contributed by atoms with Crippen molar-refractivity contribution >= 4 is 5.82 Å². The average Bonchev–Trinajstić information content (AvgIpc) is 3.58. The Labute approximate surface area is 192 Å². The van der Waals surface area contributed by atoms with Gasteiger partial charge in [0.15, 0.2) is 5.82 Å². The molecule has 0 aliphatic carbocycles. The fourth-order valence-electron chi connectivity index (χ4n) is 4.98. The highest BCUT2D eigenvalue weighted by Crippen LogP contribution is 2.34. The molecule has 1 atom stereocenters. The Kier molecular flexibility index (Phi) is 4.70. The van der Waals surface area contributed by atoms with Crippen LogP contribution < -0.4 is 10.2 Å². The number of rotatable bonds is 4.